The van der Waals surface area contributed by atoms with Crippen LogP contribution >= 0.6 is 0 Å². The predicted molar refractivity (Wildman–Crippen MR) is 102 cm³/mol. The number of carbonyl (C=O) groups is 2. The number of para-hydroxylation sites is 2. The van der Waals surface area contributed by atoms with Gasteiger partial charge in [0, 0.05) is 5.69 Å². The van der Waals surface area contributed by atoms with Crippen molar-refractivity contribution in [3.05, 3.63) is 59.2 Å². The number of amides is 1. The van der Waals surface area contributed by atoms with E-state index in [0.29, 0.717) is 5.75 Å². The molecule has 26 heavy (non-hydrogen) atoms. The van der Waals surface area contributed by atoms with E-state index < -0.39 is 5.97 Å². The zero-order valence-corrected chi connectivity index (χ0v) is 15.7. The van der Waals surface area contributed by atoms with Crippen molar-refractivity contribution in [3.63, 3.8) is 0 Å². The van der Waals surface area contributed by atoms with E-state index in [-0.39, 0.29) is 25.0 Å². The average Bonchev–Trinajstić information content (AvgIpc) is 2.61. The van der Waals surface area contributed by atoms with Gasteiger partial charge in [-0.2, -0.15) is 0 Å². The SMILES string of the molecule is Cc1cccc(C)c1NC(=O)COC(=O)COc1ccccc1C(C)C. The van der Waals surface area contributed by atoms with E-state index in [0.717, 1.165) is 22.4 Å². The largest absolute Gasteiger partial charge is 0.482 e. The van der Waals surface area contributed by atoms with Gasteiger partial charge in [0.25, 0.3) is 5.91 Å². The third-order valence-electron chi connectivity index (χ3n) is 4.00. The van der Waals surface area contributed by atoms with Gasteiger partial charge >= 0.3 is 5.97 Å². The molecule has 0 saturated heterocycles. The van der Waals surface area contributed by atoms with Crippen LogP contribution in [0.15, 0.2) is 42.5 Å². The van der Waals surface area contributed by atoms with Crippen LogP contribution in [0.2, 0.25) is 0 Å². The minimum atomic E-state index is -0.583. The lowest BCUT2D eigenvalue weighted by Gasteiger charge is -2.14. The number of rotatable bonds is 7. The molecular weight excluding hydrogens is 330 g/mol. The van der Waals surface area contributed by atoms with Crippen molar-refractivity contribution in [2.45, 2.75) is 33.6 Å². The summed E-state index contributed by atoms with van der Waals surface area (Å²) in [7, 11) is 0. The zero-order valence-electron chi connectivity index (χ0n) is 15.7. The van der Waals surface area contributed by atoms with E-state index in [4.69, 9.17) is 9.47 Å². The molecule has 0 aliphatic heterocycles. The summed E-state index contributed by atoms with van der Waals surface area (Å²) in [6, 6.07) is 13.3. The van der Waals surface area contributed by atoms with Gasteiger partial charge < -0.3 is 14.8 Å². The van der Waals surface area contributed by atoms with Crippen LogP contribution in [0.3, 0.4) is 0 Å². The molecule has 0 unspecified atom stereocenters. The Bertz CT molecular complexity index is 763. The summed E-state index contributed by atoms with van der Waals surface area (Å²) in [5.41, 5.74) is 3.68. The van der Waals surface area contributed by atoms with Crippen LogP contribution in [-0.2, 0) is 14.3 Å². The van der Waals surface area contributed by atoms with Crippen LogP contribution in [0.4, 0.5) is 5.69 Å². The van der Waals surface area contributed by atoms with Gasteiger partial charge in [-0.25, -0.2) is 4.79 Å². The Morgan fingerprint density at radius 3 is 2.27 bits per heavy atom. The lowest BCUT2D eigenvalue weighted by molar-refractivity contribution is -0.149. The second kappa shape index (κ2) is 9.04. The molecule has 1 amide bonds. The van der Waals surface area contributed by atoms with E-state index >= 15 is 0 Å². The Morgan fingerprint density at radius 1 is 0.962 bits per heavy atom. The number of nitrogens with one attached hydrogen (secondary N) is 1. The minimum absolute atomic E-state index is 0.236. The molecule has 5 heteroatoms. The van der Waals surface area contributed by atoms with Crippen LogP contribution in [0.25, 0.3) is 0 Å². The average molecular weight is 355 g/mol. The van der Waals surface area contributed by atoms with Crippen molar-refractivity contribution in [3.8, 4) is 5.75 Å². The Hall–Kier alpha value is -2.82. The van der Waals surface area contributed by atoms with Gasteiger partial charge in [-0.05, 0) is 42.5 Å². The van der Waals surface area contributed by atoms with E-state index in [2.05, 4.69) is 19.2 Å². The minimum Gasteiger partial charge on any atom is -0.482 e. The van der Waals surface area contributed by atoms with Gasteiger partial charge in [-0.3, -0.25) is 4.79 Å². The summed E-state index contributed by atoms with van der Waals surface area (Å²) in [6.07, 6.45) is 0. The number of benzene rings is 2. The number of hydrogen-bond acceptors (Lipinski definition) is 4. The molecule has 0 aliphatic carbocycles. The molecule has 0 fully saturated rings. The fraction of sp³-hybridized carbons (Fsp3) is 0.333. The fourth-order valence-electron chi connectivity index (χ4n) is 2.60. The molecule has 2 aromatic carbocycles. The third-order valence-corrected chi connectivity index (χ3v) is 4.00. The van der Waals surface area contributed by atoms with Crippen molar-refractivity contribution in [1.82, 2.24) is 0 Å². The lowest BCUT2D eigenvalue weighted by Crippen LogP contribution is -2.24. The van der Waals surface area contributed by atoms with E-state index in [1.165, 1.54) is 0 Å². The molecule has 0 aromatic heterocycles. The maximum absolute atomic E-state index is 12.0. The van der Waals surface area contributed by atoms with Gasteiger partial charge in [0.15, 0.2) is 13.2 Å². The predicted octanol–water partition coefficient (Wildman–Crippen LogP) is 3.99. The highest BCUT2D eigenvalue weighted by molar-refractivity contribution is 5.94. The first kappa shape index (κ1) is 19.5. The molecule has 0 aliphatic rings. The van der Waals surface area contributed by atoms with Gasteiger partial charge in [0.05, 0.1) is 0 Å². The molecule has 0 atom stereocenters. The Balaban J connectivity index is 1.83. The number of hydrogen-bond donors (Lipinski definition) is 1. The molecule has 2 rings (SSSR count). The molecule has 0 saturated carbocycles. The van der Waals surface area contributed by atoms with Crippen molar-refractivity contribution >= 4 is 17.6 Å². The molecule has 138 valence electrons. The summed E-state index contributed by atoms with van der Waals surface area (Å²) in [5.74, 6) is -0.0247. The van der Waals surface area contributed by atoms with Gasteiger partial charge in [-0.1, -0.05) is 50.2 Å². The topological polar surface area (TPSA) is 64.6 Å². The second-order valence-corrected chi connectivity index (χ2v) is 6.46. The van der Waals surface area contributed by atoms with Gasteiger partial charge in [0.2, 0.25) is 0 Å². The Labute approximate surface area is 154 Å². The van der Waals surface area contributed by atoms with Crippen LogP contribution in [0.5, 0.6) is 5.75 Å². The standard InChI is InChI=1S/C21H25NO4/c1-14(2)17-10-5-6-11-18(17)25-13-20(24)26-12-19(23)22-21-15(3)8-7-9-16(21)4/h5-11,14H,12-13H2,1-4H3,(H,22,23). The van der Waals surface area contributed by atoms with Crippen molar-refractivity contribution in [2.24, 2.45) is 0 Å². The molecule has 1 N–H and O–H groups in total. The van der Waals surface area contributed by atoms with Crippen molar-refractivity contribution < 1.29 is 19.1 Å². The first-order chi connectivity index (χ1) is 12.4. The Morgan fingerprint density at radius 2 is 1.62 bits per heavy atom. The fourth-order valence-corrected chi connectivity index (χ4v) is 2.60. The van der Waals surface area contributed by atoms with Crippen LogP contribution in [0.1, 0.15) is 36.5 Å². The molecule has 5 nitrogen and oxygen atoms in total. The molecule has 2 aromatic rings. The van der Waals surface area contributed by atoms with Gasteiger partial charge in [0.1, 0.15) is 5.75 Å². The van der Waals surface area contributed by atoms with Gasteiger partial charge in [-0.15, -0.1) is 0 Å². The summed E-state index contributed by atoms with van der Waals surface area (Å²) >= 11 is 0. The summed E-state index contributed by atoms with van der Waals surface area (Å²) in [4.78, 5) is 23.9. The highest BCUT2D eigenvalue weighted by Crippen LogP contribution is 2.25. The number of ether oxygens (including phenoxy) is 2. The van der Waals surface area contributed by atoms with E-state index in [9.17, 15) is 9.59 Å². The maximum atomic E-state index is 12.0. The number of carbonyl (C=O) groups excluding carboxylic acids is 2. The number of anilines is 1. The summed E-state index contributed by atoms with van der Waals surface area (Å²) in [5, 5.41) is 2.77. The summed E-state index contributed by atoms with van der Waals surface area (Å²) < 4.78 is 10.5. The van der Waals surface area contributed by atoms with E-state index in [1.807, 2.05) is 56.3 Å². The van der Waals surface area contributed by atoms with Crippen molar-refractivity contribution in [1.29, 1.82) is 0 Å². The molecule has 0 radical (unpaired) electrons. The maximum Gasteiger partial charge on any atom is 0.344 e. The highest BCUT2D eigenvalue weighted by atomic mass is 16.6. The first-order valence-electron chi connectivity index (χ1n) is 8.62. The number of aryl methyl sites for hydroxylation is 2. The third kappa shape index (κ3) is 5.34. The number of esters is 1. The van der Waals surface area contributed by atoms with E-state index in [1.54, 1.807) is 0 Å². The second-order valence-electron chi connectivity index (χ2n) is 6.46. The molecular formula is C21H25NO4. The van der Waals surface area contributed by atoms with Crippen molar-refractivity contribution in [2.75, 3.05) is 18.5 Å². The summed E-state index contributed by atoms with van der Waals surface area (Å²) in [6.45, 7) is 7.35. The normalized spacial score (nSPS) is 10.5. The smallest absolute Gasteiger partial charge is 0.344 e. The van der Waals surface area contributed by atoms with Crippen LogP contribution in [-0.4, -0.2) is 25.1 Å². The first-order valence-corrected chi connectivity index (χ1v) is 8.62. The molecule has 0 bridgehead atoms. The molecule has 0 spiro atoms. The molecule has 0 heterocycles. The van der Waals surface area contributed by atoms with Crippen LogP contribution < -0.4 is 10.1 Å². The monoisotopic (exact) mass is 355 g/mol. The Kier molecular flexibility index (Phi) is 6.78. The zero-order chi connectivity index (χ0) is 19.1. The quantitative estimate of drug-likeness (QED) is 0.763. The highest BCUT2D eigenvalue weighted by Gasteiger charge is 2.13. The lowest BCUT2D eigenvalue weighted by atomic mass is 10.0. The van der Waals surface area contributed by atoms with Crippen LogP contribution in [0, 0.1) is 13.8 Å².